The van der Waals surface area contributed by atoms with Gasteiger partial charge >= 0.3 is 0 Å². The van der Waals surface area contributed by atoms with Crippen LogP contribution in [-0.2, 0) is 4.79 Å². The summed E-state index contributed by atoms with van der Waals surface area (Å²) in [5.41, 5.74) is 0.249. The molecule has 4 nitrogen and oxygen atoms in total. The van der Waals surface area contributed by atoms with E-state index in [0.29, 0.717) is 5.52 Å². The Morgan fingerprint density at radius 1 is 1.35 bits per heavy atom. The van der Waals surface area contributed by atoms with Crippen LogP contribution in [0.25, 0.3) is 10.2 Å². The number of thiazole rings is 1. The number of halogens is 1. The lowest BCUT2D eigenvalue weighted by Gasteiger charge is -2.32. The van der Waals surface area contributed by atoms with E-state index in [1.807, 2.05) is 26.8 Å². The van der Waals surface area contributed by atoms with Crippen LogP contribution in [0.15, 0.2) is 18.2 Å². The molecule has 0 atom stereocenters. The van der Waals surface area contributed by atoms with Crippen LogP contribution in [0, 0.1) is 11.7 Å². The van der Waals surface area contributed by atoms with Gasteiger partial charge in [0.15, 0.2) is 5.13 Å². The normalized spacial score (nSPS) is 16.8. The Morgan fingerprint density at radius 3 is 2.65 bits per heavy atom. The van der Waals surface area contributed by atoms with Crippen molar-refractivity contribution >= 4 is 32.6 Å². The topological polar surface area (TPSA) is 45.2 Å². The number of hydrogen-bond acceptors (Lipinski definition) is 4. The molecule has 1 aromatic heterocycles. The highest BCUT2D eigenvalue weighted by atomic mass is 32.1. The van der Waals surface area contributed by atoms with Crippen molar-refractivity contribution in [2.24, 2.45) is 5.92 Å². The highest BCUT2D eigenvalue weighted by Gasteiger charge is 2.28. The molecule has 0 unspecified atom stereocenters. The maximum absolute atomic E-state index is 13.8. The van der Waals surface area contributed by atoms with E-state index in [-0.39, 0.29) is 23.2 Å². The minimum atomic E-state index is -0.274. The molecule has 0 radical (unpaired) electrons. The summed E-state index contributed by atoms with van der Waals surface area (Å²) in [7, 11) is 0. The quantitative estimate of drug-likeness (QED) is 0.912. The summed E-state index contributed by atoms with van der Waals surface area (Å²) in [6, 6.07) is 5.04. The number of para-hydroxylation sites is 1. The number of benzene rings is 1. The summed E-state index contributed by atoms with van der Waals surface area (Å²) in [6.07, 6.45) is 1.61. The average molecular weight is 335 g/mol. The molecule has 0 aliphatic carbocycles. The highest BCUT2D eigenvalue weighted by Crippen LogP contribution is 2.32. The van der Waals surface area contributed by atoms with Crippen molar-refractivity contribution in [3.05, 3.63) is 24.0 Å². The molecule has 0 bridgehead atoms. The molecule has 1 fully saturated rings. The van der Waals surface area contributed by atoms with Gasteiger partial charge in [-0.15, -0.1) is 0 Å². The number of nitrogens with one attached hydrogen (secondary N) is 1. The third-order valence-electron chi connectivity index (χ3n) is 3.99. The zero-order valence-electron chi connectivity index (χ0n) is 13.7. The first kappa shape index (κ1) is 16.2. The number of fused-ring (bicyclic) bond motifs is 1. The molecule has 0 saturated carbocycles. The van der Waals surface area contributed by atoms with Gasteiger partial charge in [0, 0.05) is 24.5 Å². The second-order valence-corrected chi connectivity index (χ2v) is 8.09. The van der Waals surface area contributed by atoms with Crippen molar-refractivity contribution in [3.8, 4) is 0 Å². The van der Waals surface area contributed by atoms with Crippen LogP contribution in [0.5, 0.6) is 0 Å². The molecule has 3 rings (SSSR count). The van der Waals surface area contributed by atoms with Crippen molar-refractivity contribution in [3.63, 3.8) is 0 Å². The molecule has 1 amide bonds. The van der Waals surface area contributed by atoms with Crippen LogP contribution in [0.2, 0.25) is 0 Å². The number of carbonyl (C=O) groups excluding carboxylic acids is 1. The van der Waals surface area contributed by atoms with Gasteiger partial charge in [-0.25, -0.2) is 9.37 Å². The largest absolute Gasteiger partial charge is 0.351 e. The summed E-state index contributed by atoms with van der Waals surface area (Å²) in [5.74, 6) is -0.0893. The molecule has 23 heavy (non-hydrogen) atoms. The molecule has 6 heteroatoms. The highest BCUT2D eigenvalue weighted by molar-refractivity contribution is 7.22. The van der Waals surface area contributed by atoms with E-state index in [1.54, 1.807) is 6.07 Å². The minimum absolute atomic E-state index is 0.0524. The molecule has 2 heterocycles. The number of carbonyl (C=O) groups is 1. The summed E-state index contributed by atoms with van der Waals surface area (Å²) in [6.45, 7) is 7.55. The van der Waals surface area contributed by atoms with Crippen LogP contribution in [0.3, 0.4) is 0 Å². The number of piperidine rings is 1. The van der Waals surface area contributed by atoms with Crippen molar-refractivity contribution in [2.45, 2.75) is 39.2 Å². The summed E-state index contributed by atoms with van der Waals surface area (Å²) >= 11 is 1.51. The van der Waals surface area contributed by atoms with Crippen molar-refractivity contribution in [1.29, 1.82) is 0 Å². The van der Waals surface area contributed by atoms with E-state index in [1.165, 1.54) is 17.4 Å². The molecular formula is C17H22FN3OS. The van der Waals surface area contributed by atoms with Gasteiger partial charge in [0.05, 0.1) is 4.70 Å². The van der Waals surface area contributed by atoms with Gasteiger partial charge in [-0.1, -0.05) is 17.4 Å². The molecule has 1 N–H and O–H groups in total. The summed E-state index contributed by atoms with van der Waals surface area (Å²) in [4.78, 5) is 18.8. The van der Waals surface area contributed by atoms with Crippen molar-refractivity contribution in [2.75, 3.05) is 18.0 Å². The Kier molecular flexibility index (Phi) is 4.27. The predicted octanol–water partition coefficient (Wildman–Crippen LogP) is 3.57. The Morgan fingerprint density at radius 2 is 2.04 bits per heavy atom. The second kappa shape index (κ2) is 6.07. The van der Waals surface area contributed by atoms with Crippen LogP contribution >= 0.6 is 11.3 Å². The van der Waals surface area contributed by atoms with Gasteiger partial charge in [0.1, 0.15) is 11.3 Å². The maximum atomic E-state index is 13.8. The van der Waals surface area contributed by atoms with Crippen LogP contribution in [0.1, 0.15) is 33.6 Å². The first-order valence-electron chi connectivity index (χ1n) is 7.95. The molecule has 1 aliphatic rings. The Balaban J connectivity index is 1.66. The van der Waals surface area contributed by atoms with E-state index in [2.05, 4.69) is 15.2 Å². The van der Waals surface area contributed by atoms with Gasteiger partial charge < -0.3 is 10.2 Å². The average Bonchev–Trinajstić information content (AvgIpc) is 2.91. The first-order chi connectivity index (χ1) is 10.8. The van der Waals surface area contributed by atoms with Gasteiger partial charge in [0.25, 0.3) is 0 Å². The Hall–Kier alpha value is -1.69. The minimum Gasteiger partial charge on any atom is -0.351 e. The maximum Gasteiger partial charge on any atom is 0.223 e. The molecule has 1 saturated heterocycles. The fraction of sp³-hybridized carbons (Fsp3) is 0.529. The van der Waals surface area contributed by atoms with Crippen molar-refractivity contribution < 1.29 is 9.18 Å². The number of nitrogens with zero attached hydrogens (tertiary/aromatic N) is 2. The van der Waals surface area contributed by atoms with Gasteiger partial charge in [-0.05, 0) is 45.7 Å². The number of amides is 1. The predicted molar refractivity (Wildman–Crippen MR) is 92.4 cm³/mol. The lowest BCUT2D eigenvalue weighted by atomic mass is 9.95. The molecule has 1 aromatic carbocycles. The summed E-state index contributed by atoms with van der Waals surface area (Å²) in [5, 5.41) is 3.90. The smallest absolute Gasteiger partial charge is 0.223 e. The Bertz CT molecular complexity index is 714. The fourth-order valence-electron chi connectivity index (χ4n) is 2.84. The summed E-state index contributed by atoms with van der Waals surface area (Å²) < 4.78 is 14.6. The van der Waals surface area contributed by atoms with E-state index < -0.39 is 0 Å². The van der Waals surface area contributed by atoms with Crippen LogP contribution < -0.4 is 10.2 Å². The van der Waals surface area contributed by atoms with Crippen molar-refractivity contribution in [1.82, 2.24) is 10.3 Å². The number of anilines is 1. The molecular weight excluding hydrogens is 313 g/mol. The van der Waals surface area contributed by atoms with Crippen LogP contribution in [-0.4, -0.2) is 29.5 Å². The monoisotopic (exact) mass is 335 g/mol. The van der Waals surface area contributed by atoms with E-state index in [0.717, 1.165) is 35.8 Å². The lowest BCUT2D eigenvalue weighted by molar-refractivity contribution is -0.127. The molecule has 124 valence electrons. The molecule has 0 spiro atoms. The third kappa shape index (κ3) is 3.63. The lowest BCUT2D eigenvalue weighted by Crippen LogP contribution is -2.47. The molecule has 1 aliphatic heterocycles. The number of hydrogen-bond donors (Lipinski definition) is 1. The standard InChI is InChI=1S/C17H22FN3OS/c1-17(2,3)20-15(22)11-7-9-21(10-8-11)16-19-14-12(18)5-4-6-13(14)23-16/h4-6,11H,7-10H2,1-3H3,(H,20,22). The third-order valence-corrected chi connectivity index (χ3v) is 5.07. The van der Waals surface area contributed by atoms with Gasteiger partial charge in [0.2, 0.25) is 5.91 Å². The number of aromatic nitrogens is 1. The fourth-order valence-corrected chi connectivity index (χ4v) is 3.87. The van der Waals surface area contributed by atoms with Gasteiger partial charge in [-0.3, -0.25) is 4.79 Å². The van der Waals surface area contributed by atoms with Gasteiger partial charge in [-0.2, -0.15) is 0 Å². The van der Waals surface area contributed by atoms with E-state index in [9.17, 15) is 9.18 Å². The number of rotatable bonds is 2. The SMILES string of the molecule is CC(C)(C)NC(=O)C1CCN(c2nc3c(F)cccc3s2)CC1. The zero-order valence-corrected chi connectivity index (χ0v) is 14.5. The molecule has 2 aromatic rings. The second-order valence-electron chi connectivity index (χ2n) is 7.08. The van der Waals surface area contributed by atoms with E-state index in [4.69, 9.17) is 0 Å². The van der Waals surface area contributed by atoms with E-state index >= 15 is 0 Å². The Labute approximate surface area is 139 Å². The zero-order chi connectivity index (χ0) is 16.6. The van der Waals surface area contributed by atoms with Crippen LogP contribution in [0.4, 0.5) is 9.52 Å². The first-order valence-corrected chi connectivity index (χ1v) is 8.77.